The van der Waals surface area contributed by atoms with Gasteiger partial charge in [-0.15, -0.1) is 0 Å². The minimum absolute atomic E-state index is 0.231. The molecule has 21 heterocycles. The number of carbonyl (C=O) groups is 1. The molecule has 21 aliphatic heterocycles. The summed E-state index contributed by atoms with van der Waals surface area (Å²) in [6.45, 7) is -0.450. The lowest BCUT2D eigenvalue weighted by Crippen LogP contribution is -2.68. The highest BCUT2D eigenvalue weighted by Gasteiger charge is 2.59. The predicted molar refractivity (Wildman–Crippen MR) is 296 cm³/mol. The number of rotatable bonds is 17. The molecule has 21 aliphatic rings. The Morgan fingerprint density at radius 1 is 0.301 bits per heavy atom. The monoisotopic (exact) mass is 1360 g/mol. The average Bonchev–Trinajstić information content (AvgIpc) is 0.789. The molecule has 0 aromatic rings. The molecule has 93 heavy (non-hydrogen) atoms. The number of aliphatic hydroxyl groups excluding tert-OH is 20. The van der Waals surface area contributed by atoms with Crippen molar-refractivity contribution in [2.75, 3.05) is 59.3 Å². The molecule has 21 rings (SSSR count). The van der Waals surface area contributed by atoms with Gasteiger partial charge in [0, 0.05) is 13.1 Å². The van der Waals surface area contributed by atoms with E-state index in [0.29, 0.717) is 25.9 Å². The van der Waals surface area contributed by atoms with E-state index in [1.807, 2.05) is 0 Å². The van der Waals surface area contributed by atoms with E-state index in [9.17, 15) is 107 Å². The zero-order valence-corrected chi connectivity index (χ0v) is 51.3. The maximum absolute atomic E-state index is 12.0. The predicted octanol–water partition coefficient (Wildman–Crippen LogP) is -11.8. The Morgan fingerprint density at radius 3 is 0.731 bits per heavy atom. The Bertz CT molecular complexity index is 2220. The van der Waals surface area contributed by atoms with Crippen molar-refractivity contribution in [3.63, 3.8) is 0 Å². The Hall–Kier alpha value is -2.13. The summed E-state index contributed by atoms with van der Waals surface area (Å²) in [5.41, 5.74) is -0.636. The molecule has 0 saturated carbocycles. The fraction of sp³-hybridized carbons (Fsp3) is 0.982. The van der Waals surface area contributed by atoms with E-state index in [0.717, 1.165) is 25.7 Å². The zero-order chi connectivity index (χ0) is 67.9. The number of carbonyl (C=O) groups excluding carboxylic acids is 1. The van der Waals surface area contributed by atoms with E-state index in [2.05, 4.69) is 10.6 Å². The molecule has 38 nitrogen and oxygen atoms in total. The molecule has 0 unspecified atom stereocenters. The molecule has 0 radical (unpaired) electrons. The van der Waals surface area contributed by atoms with Crippen LogP contribution >= 0.6 is 0 Å². The summed E-state index contributed by atoms with van der Waals surface area (Å²) in [7, 11) is 0. The average molecular weight is 1360 g/mol. The molecule has 0 aliphatic carbocycles. The summed E-state index contributed by atoms with van der Waals surface area (Å²) in [6, 6.07) is 0. The lowest BCUT2D eigenvalue weighted by molar-refractivity contribution is -0.396. The largest absolute Gasteiger partial charge is 0.444 e. The third kappa shape index (κ3) is 17.9. The Labute approximate surface area is 532 Å². The van der Waals surface area contributed by atoms with E-state index in [1.54, 1.807) is 20.8 Å². The van der Waals surface area contributed by atoms with Gasteiger partial charge in [-0.3, -0.25) is 0 Å². The number of hydrogen-bond donors (Lipinski definition) is 22. The lowest BCUT2D eigenvalue weighted by Gasteiger charge is -2.50. The molecular weight excluding hydrogens is 1260 g/mol. The molecule has 542 valence electrons. The van der Waals surface area contributed by atoms with Gasteiger partial charge < -0.3 is 184 Å². The Kier molecular flexibility index (Phi) is 28.3. The number of alkyl carbamates (subject to hydrolysis) is 1. The van der Waals surface area contributed by atoms with Crippen LogP contribution in [0.4, 0.5) is 4.79 Å². The highest BCUT2D eigenvalue weighted by Crippen LogP contribution is 2.39. The fourth-order valence-corrected chi connectivity index (χ4v) is 12.3. The van der Waals surface area contributed by atoms with Gasteiger partial charge in [0.1, 0.15) is 177 Å². The second kappa shape index (κ2) is 34.3. The first-order chi connectivity index (χ1) is 44.2. The van der Waals surface area contributed by atoms with Crippen LogP contribution in [0, 0.1) is 0 Å². The van der Waals surface area contributed by atoms with Crippen LogP contribution in [0.1, 0.15) is 59.3 Å². The number of unbranched alkanes of at least 4 members (excludes halogenated alkanes) is 5. The molecule has 1 amide bonds. The van der Waals surface area contributed by atoms with Crippen LogP contribution in [0.25, 0.3) is 0 Å². The zero-order valence-electron chi connectivity index (χ0n) is 51.3. The van der Waals surface area contributed by atoms with E-state index in [1.165, 1.54) is 0 Å². The number of ether oxygens (including phenoxy) is 15. The minimum Gasteiger partial charge on any atom is -0.444 e. The molecule has 38 heteroatoms. The van der Waals surface area contributed by atoms with Crippen LogP contribution in [0.15, 0.2) is 0 Å². The van der Waals surface area contributed by atoms with E-state index < -0.39 is 266 Å². The Morgan fingerprint density at radius 2 is 0.505 bits per heavy atom. The van der Waals surface area contributed by atoms with Crippen LogP contribution in [0.5, 0.6) is 0 Å². The van der Waals surface area contributed by atoms with E-state index >= 15 is 0 Å². The van der Waals surface area contributed by atoms with Gasteiger partial charge in [-0.05, 0) is 40.2 Å². The fourth-order valence-electron chi connectivity index (χ4n) is 12.3. The molecule has 0 aromatic carbocycles. The van der Waals surface area contributed by atoms with Crippen LogP contribution < -0.4 is 10.6 Å². The molecule has 21 saturated heterocycles. The second-order valence-corrected chi connectivity index (χ2v) is 25.2. The number of hydrogen-bond acceptors (Lipinski definition) is 37. The molecule has 0 aromatic heterocycles. The van der Waals surface area contributed by atoms with Crippen LogP contribution in [0.2, 0.25) is 0 Å². The first kappa shape index (κ1) is 76.6. The maximum Gasteiger partial charge on any atom is 0.407 e. The Balaban J connectivity index is 1.03. The standard InChI is InChI=1S/C55H96N2O36/c1-55(2,3)93-54(78)57-11-9-7-5-4-6-8-10-56-12-19-40-26(64)33(71)47(79-19)87-41-20(13-58)81-49(35(73)28(41)66)89-43-22(15-60)83-51(37(75)30(43)68)91-45-24(17-62)85-53(39(77)32(45)70)92-46-25(18-63)84-52(38(76)31(46)69)90-44-23(16-61)82-50(36(74)29(44)67)88-42-21(14-59)80-48(86-40)34(72)27(42)65/h19-53,56,58-77H,4-18H2,1-3H3,(H,57,78)/t19-,20-,21-,22-,23-,24-,25-,26-,27-,28-,29-,30-,31-,32-,33-,34-,35+,36-,37+,38-,39-,40-,41-,42-,43-,44-,45-,46-,47-,48-,49-,50-,51-,52-,53-/m1/s1. The van der Waals surface area contributed by atoms with Crippen molar-refractivity contribution in [1.82, 2.24) is 10.6 Å². The summed E-state index contributed by atoms with van der Waals surface area (Å²) in [5.74, 6) is 0. The summed E-state index contributed by atoms with van der Waals surface area (Å²) < 4.78 is 87.0. The van der Waals surface area contributed by atoms with Crippen molar-refractivity contribution in [3.05, 3.63) is 0 Å². The summed E-state index contributed by atoms with van der Waals surface area (Å²) in [5, 5.41) is 230. The smallest absolute Gasteiger partial charge is 0.407 e. The summed E-state index contributed by atoms with van der Waals surface area (Å²) in [6.07, 6.45) is -65.5. The van der Waals surface area contributed by atoms with Gasteiger partial charge in [0.15, 0.2) is 44.0 Å². The van der Waals surface area contributed by atoms with Crippen molar-refractivity contribution in [2.24, 2.45) is 0 Å². The molecule has 14 bridgehead atoms. The minimum atomic E-state index is -2.21. The molecule has 0 spiro atoms. The third-order valence-corrected chi connectivity index (χ3v) is 17.4. The van der Waals surface area contributed by atoms with Gasteiger partial charge >= 0.3 is 6.09 Å². The van der Waals surface area contributed by atoms with E-state index in [-0.39, 0.29) is 6.54 Å². The SMILES string of the molecule is CC(C)(C)OC(=O)NCCCCCCCCNC[C@H]1O[C@@H]2O[C@H]3[C@H](O)[C@H](O)[C@@H](O[C@H]4[C@H](O)[C@H](O)[C@@H](O[C@H]5[C@H](O)[C@@H](O)[C@@H](O[C@H]6[C@H](O)[C@@H](O)[C@@H](O[C@H]7[C@H](O)[C@@H](O)[C@@H](O[C@H]8[C@H](O)[C@@H](O)[C@@H](O[C@H]1[C@H](O)[C@H]2O)O[C@@H]8CO)O[C@@H]7CO)O[C@@H]6CO)O[C@@H]5CO)O[C@@H]4CO)O[C@@H]3CO. The van der Waals surface area contributed by atoms with Crippen molar-refractivity contribution >= 4 is 6.09 Å². The first-order valence-electron chi connectivity index (χ1n) is 31.2. The van der Waals surface area contributed by atoms with Crippen molar-refractivity contribution in [1.29, 1.82) is 0 Å². The van der Waals surface area contributed by atoms with Gasteiger partial charge in [-0.1, -0.05) is 25.7 Å². The highest BCUT2D eigenvalue weighted by molar-refractivity contribution is 5.67. The van der Waals surface area contributed by atoms with Crippen LogP contribution in [-0.4, -0.2) is 388 Å². The summed E-state index contributed by atoms with van der Waals surface area (Å²) >= 11 is 0. The van der Waals surface area contributed by atoms with Crippen molar-refractivity contribution in [3.8, 4) is 0 Å². The van der Waals surface area contributed by atoms with Gasteiger partial charge in [0.05, 0.1) is 39.6 Å². The lowest BCUT2D eigenvalue weighted by atomic mass is 9.95. The molecule has 22 N–H and O–H groups in total. The third-order valence-electron chi connectivity index (χ3n) is 17.4. The van der Waals surface area contributed by atoms with Crippen LogP contribution in [0.3, 0.4) is 0 Å². The topological polar surface area (TPSA) is 584 Å². The van der Waals surface area contributed by atoms with Gasteiger partial charge in [0.2, 0.25) is 0 Å². The molecular formula is C55H96N2O36. The summed E-state index contributed by atoms with van der Waals surface area (Å²) in [4.78, 5) is 12.0. The number of nitrogens with one attached hydrogen (secondary N) is 2. The number of amides is 1. The van der Waals surface area contributed by atoms with Gasteiger partial charge in [-0.2, -0.15) is 0 Å². The molecule has 35 atom stereocenters. The number of aliphatic hydroxyl groups is 20. The quantitative estimate of drug-likeness (QED) is 0.0601. The van der Waals surface area contributed by atoms with Crippen molar-refractivity contribution in [2.45, 2.75) is 280 Å². The maximum atomic E-state index is 12.0. The second-order valence-electron chi connectivity index (χ2n) is 25.2. The van der Waals surface area contributed by atoms with Crippen molar-refractivity contribution < 1.29 is 178 Å². The normalized spacial score (nSPS) is 48.0. The first-order valence-corrected chi connectivity index (χ1v) is 31.2. The van der Waals surface area contributed by atoms with Gasteiger partial charge in [0.25, 0.3) is 0 Å². The van der Waals surface area contributed by atoms with Crippen LogP contribution in [-0.2, 0) is 71.1 Å². The van der Waals surface area contributed by atoms with E-state index in [4.69, 9.17) is 71.1 Å². The molecule has 21 fully saturated rings. The highest BCUT2D eigenvalue weighted by atomic mass is 16.8. The van der Waals surface area contributed by atoms with Gasteiger partial charge in [-0.25, -0.2) is 4.79 Å².